The summed E-state index contributed by atoms with van der Waals surface area (Å²) in [6.07, 6.45) is 11.6. The Morgan fingerprint density at radius 1 is 0.760 bits per heavy atom. The van der Waals surface area contributed by atoms with Gasteiger partial charge in [-0.2, -0.15) is 0 Å². The zero-order valence-corrected chi connectivity index (χ0v) is 18.3. The summed E-state index contributed by atoms with van der Waals surface area (Å²) in [6.45, 7) is 11.5. The van der Waals surface area contributed by atoms with Crippen LogP contribution in [0.25, 0.3) is 0 Å². The Hall–Kier alpha value is 0.0169. The molecule has 0 saturated carbocycles. The lowest BCUT2D eigenvalue weighted by Gasteiger charge is -2.35. The van der Waals surface area contributed by atoms with E-state index >= 15 is 0 Å². The number of nitrogens with two attached hydrogens (primary N) is 1. The summed E-state index contributed by atoms with van der Waals surface area (Å²) >= 11 is 0. The van der Waals surface area contributed by atoms with Crippen molar-refractivity contribution in [3.05, 3.63) is 0 Å². The lowest BCUT2D eigenvalue weighted by Crippen LogP contribution is -2.62. The Labute approximate surface area is 157 Å². The zero-order chi connectivity index (χ0) is 18.8. The molecular weight excluding hydrogens is 332 g/mol. The van der Waals surface area contributed by atoms with Crippen LogP contribution in [0.4, 0.5) is 0 Å². The van der Waals surface area contributed by atoms with E-state index in [2.05, 4.69) is 12.2 Å². The molecule has 0 saturated heterocycles. The van der Waals surface area contributed by atoms with Crippen LogP contribution in [-0.2, 0) is 13.3 Å². The number of nitrogens with one attached hydrogen (secondary N) is 1. The first-order valence-corrected chi connectivity index (χ1v) is 12.4. The molecule has 152 valence electrons. The van der Waals surface area contributed by atoms with Gasteiger partial charge in [-0.25, -0.2) is 0 Å². The van der Waals surface area contributed by atoms with E-state index in [-0.39, 0.29) is 5.67 Å². The maximum Gasteiger partial charge on any atom is 0.518 e. The van der Waals surface area contributed by atoms with Crippen LogP contribution >= 0.6 is 0 Å². The standard InChI is InChI=1S/C19H44N2O3Si/c1-5-9-10-11-12-13-14-15-16-19(21-18-17-20)25(22-6-2,23-7-3)24-8-4/h19,21H,5-18,20H2,1-4H3. The van der Waals surface area contributed by atoms with Gasteiger partial charge in [-0.3, -0.25) is 0 Å². The molecule has 0 aromatic rings. The highest BCUT2D eigenvalue weighted by molar-refractivity contribution is 6.62. The zero-order valence-electron chi connectivity index (χ0n) is 17.3. The van der Waals surface area contributed by atoms with E-state index in [9.17, 15) is 0 Å². The van der Waals surface area contributed by atoms with Crippen molar-refractivity contribution in [3.8, 4) is 0 Å². The number of unbranched alkanes of at least 4 members (excludes halogenated alkanes) is 7. The summed E-state index contributed by atoms with van der Waals surface area (Å²) in [4.78, 5) is 0. The van der Waals surface area contributed by atoms with Crippen LogP contribution in [0.1, 0.15) is 85.5 Å². The Morgan fingerprint density at radius 3 is 1.68 bits per heavy atom. The van der Waals surface area contributed by atoms with Gasteiger partial charge in [0.15, 0.2) is 0 Å². The first-order chi connectivity index (χ1) is 12.2. The van der Waals surface area contributed by atoms with Gasteiger partial charge in [0, 0.05) is 32.9 Å². The average Bonchev–Trinajstić information content (AvgIpc) is 2.60. The molecule has 0 bridgehead atoms. The van der Waals surface area contributed by atoms with Gasteiger partial charge < -0.3 is 24.3 Å². The molecule has 0 amide bonds. The van der Waals surface area contributed by atoms with Crippen molar-refractivity contribution in [1.82, 2.24) is 5.32 Å². The molecule has 1 unspecified atom stereocenters. The second-order valence-electron chi connectivity index (χ2n) is 6.46. The van der Waals surface area contributed by atoms with Crippen molar-refractivity contribution in [2.45, 2.75) is 91.1 Å². The second kappa shape index (κ2) is 17.4. The lowest BCUT2D eigenvalue weighted by atomic mass is 10.1. The number of hydrogen-bond donors (Lipinski definition) is 2. The SMILES string of the molecule is CCCCCCCCCCC(NCCN)[Si](OCC)(OCC)OCC. The van der Waals surface area contributed by atoms with Gasteiger partial charge in [-0.1, -0.05) is 58.3 Å². The molecule has 0 heterocycles. The number of rotatable bonds is 19. The van der Waals surface area contributed by atoms with Gasteiger partial charge in [-0.15, -0.1) is 0 Å². The van der Waals surface area contributed by atoms with Crippen molar-refractivity contribution in [2.75, 3.05) is 32.9 Å². The Kier molecular flexibility index (Phi) is 17.4. The van der Waals surface area contributed by atoms with Gasteiger partial charge in [0.2, 0.25) is 0 Å². The summed E-state index contributed by atoms with van der Waals surface area (Å²) in [5.41, 5.74) is 5.84. The fourth-order valence-electron chi connectivity index (χ4n) is 3.17. The van der Waals surface area contributed by atoms with E-state index in [1.54, 1.807) is 0 Å². The van der Waals surface area contributed by atoms with Crippen LogP contribution < -0.4 is 11.1 Å². The molecule has 0 spiro atoms. The molecule has 0 aliphatic rings. The number of hydrogen-bond acceptors (Lipinski definition) is 5. The van der Waals surface area contributed by atoms with E-state index < -0.39 is 8.80 Å². The van der Waals surface area contributed by atoms with Gasteiger partial charge in [0.25, 0.3) is 0 Å². The largest absolute Gasteiger partial charge is 0.518 e. The van der Waals surface area contributed by atoms with Gasteiger partial charge >= 0.3 is 8.80 Å². The monoisotopic (exact) mass is 376 g/mol. The van der Waals surface area contributed by atoms with E-state index in [0.29, 0.717) is 26.4 Å². The first-order valence-electron chi connectivity index (χ1n) is 10.6. The molecule has 0 aliphatic carbocycles. The summed E-state index contributed by atoms with van der Waals surface area (Å²) < 4.78 is 18.2. The minimum atomic E-state index is -2.71. The molecule has 5 nitrogen and oxygen atoms in total. The minimum absolute atomic E-state index is 0.135. The third-order valence-corrected chi connectivity index (χ3v) is 7.76. The quantitative estimate of drug-likeness (QED) is 0.263. The molecule has 0 aromatic heterocycles. The van der Waals surface area contributed by atoms with Crippen LogP contribution in [0, 0.1) is 0 Å². The molecule has 6 heteroatoms. The summed E-state index contributed by atoms with van der Waals surface area (Å²) in [5.74, 6) is 0. The third kappa shape index (κ3) is 11.4. The van der Waals surface area contributed by atoms with E-state index in [0.717, 1.165) is 13.0 Å². The molecule has 0 rings (SSSR count). The van der Waals surface area contributed by atoms with Crippen molar-refractivity contribution >= 4 is 8.80 Å². The highest BCUT2D eigenvalue weighted by Crippen LogP contribution is 2.21. The molecule has 0 fully saturated rings. The molecule has 0 radical (unpaired) electrons. The van der Waals surface area contributed by atoms with Gasteiger partial charge in [-0.05, 0) is 27.2 Å². The molecule has 0 aromatic carbocycles. The summed E-state index contributed by atoms with van der Waals surface area (Å²) in [5, 5.41) is 3.55. The third-order valence-electron chi connectivity index (χ3n) is 4.34. The van der Waals surface area contributed by atoms with Crippen LogP contribution in [0.5, 0.6) is 0 Å². The maximum atomic E-state index is 6.08. The molecule has 0 aliphatic heterocycles. The average molecular weight is 377 g/mol. The maximum absolute atomic E-state index is 6.08. The minimum Gasteiger partial charge on any atom is -0.373 e. The summed E-state index contributed by atoms with van der Waals surface area (Å²) in [7, 11) is -2.71. The predicted octanol–water partition coefficient (Wildman–Crippen LogP) is 4.02. The molecular formula is C19H44N2O3Si. The van der Waals surface area contributed by atoms with Crippen LogP contribution in [0.15, 0.2) is 0 Å². The second-order valence-corrected chi connectivity index (χ2v) is 9.23. The molecule has 3 N–H and O–H groups in total. The normalized spacial score (nSPS) is 13.3. The van der Waals surface area contributed by atoms with Crippen LogP contribution in [-0.4, -0.2) is 47.4 Å². The van der Waals surface area contributed by atoms with Crippen LogP contribution in [0.2, 0.25) is 0 Å². The van der Waals surface area contributed by atoms with E-state index in [1.165, 1.54) is 51.4 Å². The fraction of sp³-hybridized carbons (Fsp3) is 1.00. The lowest BCUT2D eigenvalue weighted by molar-refractivity contribution is 0.0565. The van der Waals surface area contributed by atoms with E-state index in [1.807, 2.05) is 20.8 Å². The smallest absolute Gasteiger partial charge is 0.373 e. The highest BCUT2D eigenvalue weighted by Gasteiger charge is 2.48. The van der Waals surface area contributed by atoms with Crippen molar-refractivity contribution in [2.24, 2.45) is 5.73 Å². The Balaban J connectivity index is 4.50. The Morgan fingerprint density at radius 2 is 1.24 bits per heavy atom. The van der Waals surface area contributed by atoms with Crippen LogP contribution in [0.3, 0.4) is 0 Å². The van der Waals surface area contributed by atoms with Gasteiger partial charge in [0.1, 0.15) is 0 Å². The Bertz CT molecular complexity index is 266. The molecule has 25 heavy (non-hydrogen) atoms. The van der Waals surface area contributed by atoms with Crippen molar-refractivity contribution in [3.63, 3.8) is 0 Å². The predicted molar refractivity (Wildman–Crippen MR) is 109 cm³/mol. The van der Waals surface area contributed by atoms with Gasteiger partial charge in [0.05, 0.1) is 5.67 Å². The van der Waals surface area contributed by atoms with Crippen molar-refractivity contribution < 1.29 is 13.3 Å². The first kappa shape index (κ1) is 25.0. The topological polar surface area (TPSA) is 65.7 Å². The highest BCUT2D eigenvalue weighted by atomic mass is 28.4. The van der Waals surface area contributed by atoms with Crippen molar-refractivity contribution in [1.29, 1.82) is 0 Å². The summed E-state index contributed by atoms with van der Waals surface area (Å²) in [6, 6.07) is 0. The van der Waals surface area contributed by atoms with E-state index in [4.69, 9.17) is 19.0 Å². The fourth-order valence-corrected chi connectivity index (χ4v) is 6.19. The molecule has 1 atom stereocenters.